The molecule has 0 saturated carbocycles. The maximum Gasteiger partial charge on any atom is 0.349 e. The Morgan fingerprint density at radius 2 is 1.83 bits per heavy atom. The number of nitrogens with zero attached hydrogens (tertiary/aromatic N) is 1. The van der Waals surface area contributed by atoms with E-state index in [9.17, 15) is 9.59 Å². The minimum Gasteiger partial charge on any atom is -0.422 e. The van der Waals surface area contributed by atoms with Gasteiger partial charge in [-0.2, -0.15) is 0 Å². The van der Waals surface area contributed by atoms with Crippen LogP contribution in [0.2, 0.25) is 0 Å². The van der Waals surface area contributed by atoms with Crippen molar-refractivity contribution in [1.82, 2.24) is 5.32 Å². The number of carbonyl (C=O) groups is 1. The lowest BCUT2D eigenvalue weighted by Crippen LogP contribution is -2.28. The zero-order valence-corrected chi connectivity index (χ0v) is 16.7. The van der Waals surface area contributed by atoms with E-state index in [0.717, 1.165) is 35.3 Å². The monoisotopic (exact) mass is 392 g/mol. The van der Waals surface area contributed by atoms with Crippen LogP contribution in [0.15, 0.2) is 51.7 Å². The van der Waals surface area contributed by atoms with E-state index in [4.69, 9.17) is 9.15 Å². The van der Waals surface area contributed by atoms with E-state index in [1.165, 1.54) is 5.56 Å². The summed E-state index contributed by atoms with van der Waals surface area (Å²) in [4.78, 5) is 27.2. The molecule has 0 atom stereocenters. The summed E-state index contributed by atoms with van der Waals surface area (Å²) in [6, 6.07) is 13.3. The number of amides is 1. The topological polar surface area (TPSA) is 71.8 Å². The quantitative estimate of drug-likeness (QED) is 0.649. The Labute approximate surface area is 169 Å². The third kappa shape index (κ3) is 3.89. The van der Waals surface area contributed by atoms with Crippen LogP contribution < -0.4 is 15.8 Å². The number of ether oxygens (including phenoxy) is 1. The van der Waals surface area contributed by atoms with Gasteiger partial charge < -0.3 is 19.4 Å². The lowest BCUT2D eigenvalue weighted by atomic mass is 10.1. The lowest BCUT2D eigenvalue weighted by molar-refractivity contribution is 0.0947. The summed E-state index contributed by atoms with van der Waals surface area (Å²) in [6.45, 7) is 7.45. The normalized spacial score (nSPS) is 12.8. The molecule has 1 aliphatic heterocycles. The molecule has 3 aromatic rings. The Morgan fingerprint density at radius 3 is 2.62 bits per heavy atom. The van der Waals surface area contributed by atoms with Crippen LogP contribution in [0.25, 0.3) is 11.0 Å². The molecule has 0 unspecified atom stereocenters. The molecule has 0 spiro atoms. The summed E-state index contributed by atoms with van der Waals surface area (Å²) in [5.41, 5.74) is 4.14. The van der Waals surface area contributed by atoms with Crippen LogP contribution in [-0.2, 0) is 24.5 Å². The van der Waals surface area contributed by atoms with Gasteiger partial charge in [0.05, 0.1) is 13.2 Å². The molecule has 4 rings (SSSR count). The van der Waals surface area contributed by atoms with Gasteiger partial charge in [-0.3, -0.25) is 4.79 Å². The number of nitrogens with one attached hydrogen (secondary N) is 1. The van der Waals surface area contributed by atoms with E-state index in [-0.39, 0.29) is 5.56 Å². The largest absolute Gasteiger partial charge is 0.422 e. The maximum absolute atomic E-state index is 12.6. The van der Waals surface area contributed by atoms with E-state index < -0.39 is 11.5 Å². The smallest absolute Gasteiger partial charge is 0.349 e. The summed E-state index contributed by atoms with van der Waals surface area (Å²) < 4.78 is 10.9. The summed E-state index contributed by atoms with van der Waals surface area (Å²) in [6.07, 6.45) is 0. The van der Waals surface area contributed by atoms with Crippen molar-refractivity contribution in [3.63, 3.8) is 0 Å². The van der Waals surface area contributed by atoms with Gasteiger partial charge in [0.1, 0.15) is 11.1 Å². The molecule has 150 valence electrons. The van der Waals surface area contributed by atoms with E-state index in [0.29, 0.717) is 25.3 Å². The molecule has 0 radical (unpaired) electrons. The van der Waals surface area contributed by atoms with Crippen molar-refractivity contribution < 1.29 is 13.9 Å². The Morgan fingerprint density at radius 1 is 1.03 bits per heavy atom. The molecule has 1 N–H and O–H groups in total. The van der Waals surface area contributed by atoms with Crippen LogP contribution in [-0.4, -0.2) is 19.0 Å². The molecule has 0 bridgehead atoms. The van der Waals surface area contributed by atoms with Crippen LogP contribution in [0, 0.1) is 0 Å². The highest BCUT2D eigenvalue weighted by Crippen LogP contribution is 2.23. The van der Waals surface area contributed by atoms with Crippen LogP contribution in [0.1, 0.15) is 40.9 Å². The zero-order chi connectivity index (χ0) is 20.4. The fourth-order valence-corrected chi connectivity index (χ4v) is 3.66. The number of anilines is 1. The Hall–Kier alpha value is -3.12. The first kappa shape index (κ1) is 19.2. The second-order valence-electron chi connectivity index (χ2n) is 7.12. The van der Waals surface area contributed by atoms with Gasteiger partial charge in [-0.1, -0.05) is 18.2 Å². The molecular weight excluding hydrogens is 368 g/mol. The predicted octanol–water partition coefficient (Wildman–Crippen LogP) is 3.60. The minimum atomic E-state index is -0.631. The molecule has 29 heavy (non-hydrogen) atoms. The Balaban J connectivity index is 1.53. The van der Waals surface area contributed by atoms with E-state index in [2.05, 4.69) is 24.1 Å². The van der Waals surface area contributed by atoms with Gasteiger partial charge >= 0.3 is 5.63 Å². The second-order valence-corrected chi connectivity index (χ2v) is 7.12. The molecule has 1 aromatic heterocycles. The molecule has 0 aliphatic carbocycles. The zero-order valence-electron chi connectivity index (χ0n) is 16.7. The number of carbonyl (C=O) groups excluding carboxylic acids is 1. The third-order valence-electron chi connectivity index (χ3n) is 5.33. The Kier molecular flexibility index (Phi) is 5.36. The predicted molar refractivity (Wildman–Crippen MR) is 112 cm³/mol. The van der Waals surface area contributed by atoms with Gasteiger partial charge in [-0.25, -0.2) is 4.79 Å². The van der Waals surface area contributed by atoms with Crippen molar-refractivity contribution in [3.8, 4) is 0 Å². The summed E-state index contributed by atoms with van der Waals surface area (Å²) >= 11 is 0. The van der Waals surface area contributed by atoms with E-state index in [1.54, 1.807) is 6.07 Å². The fourth-order valence-electron chi connectivity index (χ4n) is 3.66. The average Bonchev–Trinajstić information content (AvgIpc) is 3.20. The first-order valence-corrected chi connectivity index (χ1v) is 9.88. The summed E-state index contributed by atoms with van der Waals surface area (Å²) in [5, 5.41) is 3.53. The van der Waals surface area contributed by atoms with Crippen LogP contribution >= 0.6 is 0 Å². The first-order chi connectivity index (χ1) is 14.1. The molecule has 0 fully saturated rings. The standard InChI is InChI=1S/C23H24N2O4/c1-3-25(4-2)19-8-7-16-10-20(23(27)29-21(16)11-19)22(26)24-12-15-5-6-17-13-28-14-18(17)9-15/h5-11H,3-4,12-14H2,1-2H3,(H,24,26). The third-order valence-corrected chi connectivity index (χ3v) is 5.33. The molecule has 6 heteroatoms. The van der Waals surface area contributed by atoms with Crippen molar-refractivity contribution >= 4 is 22.6 Å². The average molecular weight is 392 g/mol. The molecule has 2 heterocycles. The van der Waals surface area contributed by atoms with Gasteiger partial charge in [0.2, 0.25) is 0 Å². The van der Waals surface area contributed by atoms with Gasteiger partial charge in [0.25, 0.3) is 5.91 Å². The highest BCUT2D eigenvalue weighted by atomic mass is 16.5. The number of hydrogen-bond acceptors (Lipinski definition) is 5. The number of benzene rings is 2. The van der Waals surface area contributed by atoms with E-state index in [1.807, 2.05) is 36.4 Å². The Bertz CT molecular complexity index is 1120. The highest BCUT2D eigenvalue weighted by Gasteiger charge is 2.16. The molecule has 1 amide bonds. The van der Waals surface area contributed by atoms with Crippen molar-refractivity contribution in [2.75, 3.05) is 18.0 Å². The highest BCUT2D eigenvalue weighted by molar-refractivity contribution is 5.96. The SMILES string of the molecule is CCN(CC)c1ccc2cc(C(=O)NCc3ccc4c(c3)COC4)c(=O)oc2c1. The first-order valence-electron chi connectivity index (χ1n) is 9.88. The minimum absolute atomic E-state index is 0.0117. The van der Waals surface area contributed by atoms with Gasteiger partial charge in [-0.15, -0.1) is 0 Å². The maximum atomic E-state index is 12.6. The van der Waals surface area contributed by atoms with Crippen LogP contribution in [0.4, 0.5) is 5.69 Å². The molecule has 6 nitrogen and oxygen atoms in total. The molecular formula is C23H24N2O4. The van der Waals surface area contributed by atoms with Gasteiger partial charge in [0, 0.05) is 36.8 Å². The number of hydrogen-bond donors (Lipinski definition) is 1. The van der Waals surface area contributed by atoms with Gasteiger partial charge in [-0.05, 0) is 48.7 Å². The molecule has 1 aliphatic rings. The van der Waals surface area contributed by atoms with Crippen molar-refractivity contribution in [2.45, 2.75) is 33.6 Å². The van der Waals surface area contributed by atoms with Crippen molar-refractivity contribution in [2.24, 2.45) is 0 Å². The fraction of sp³-hybridized carbons (Fsp3) is 0.304. The van der Waals surface area contributed by atoms with Crippen molar-refractivity contribution in [1.29, 1.82) is 0 Å². The van der Waals surface area contributed by atoms with E-state index >= 15 is 0 Å². The number of fused-ring (bicyclic) bond motifs is 2. The van der Waals surface area contributed by atoms with Crippen LogP contribution in [0.5, 0.6) is 0 Å². The summed E-state index contributed by atoms with van der Waals surface area (Å²) in [7, 11) is 0. The molecule has 0 saturated heterocycles. The van der Waals surface area contributed by atoms with Gasteiger partial charge in [0.15, 0.2) is 0 Å². The van der Waals surface area contributed by atoms with Crippen molar-refractivity contribution in [3.05, 3.63) is 75.1 Å². The summed E-state index contributed by atoms with van der Waals surface area (Å²) in [5.74, 6) is -0.440. The van der Waals surface area contributed by atoms with Crippen LogP contribution in [0.3, 0.4) is 0 Å². The molecule has 2 aromatic carbocycles. The second kappa shape index (κ2) is 8.09. The number of rotatable bonds is 6. The lowest BCUT2D eigenvalue weighted by Gasteiger charge is -2.21.